The first kappa shape index (κ1) is 21.5. The Kier molecular flexibility index (Phi) is 7.32. The molecular weight excluding hydrogens is 416 g/mol. The fourth-order valence-corrected chi connectivity index (χ4v) is 4.70. The van der Waals surface area contributed by atoms with E-state index >= 15 is 0 Å². The highest BCUT2D eigenvalue weighted by molar-refractivity contribution is 9.10. The Hall–Kier alpha value is -1.20. The molecule has 0 saturated carbocycles. The van der Waals surface area contributed by atoms with Crippen LogP contribution in [0, 0.1) is 18.8 Å². The lowest BCUT2D eigenvalue weighted by Gasteiger charge is -2.46. The number of aryl methyl sites for hydroxylation is 1. The molecule has 152 valence electrons. The summed E-state index contributed by atoms with van der Waals surface area (Å²) in [5, 5.41) is 11.3. The third-order valence-electron chi connectivity index (χ3n) is 6.14. The molecule has 0 aromatic heterocycles. The quantitative estimate of drug-likeness (QED) is 0.606. The monoisotopic (exact) mass is 446 g/mol. The van der Waals surface area contributed by atoms with Crippen LogP contribution in [0.1, 0.15) is 50.0 Å². The highest BCUT2D eigenvalue weighted by atomic mass is 79.9. The number of aliphatic hydroxyl groups excluding tert-OH is 1. The minimum absolute atomic E-state index is 0.127. The summed E-state index contributed by atoms with van der Waals surface area (Å²) >= 11 is 3.50. The zero-order valence-electron chi connectivity index (χ0n) is 17.1. The predicted molar refractivity (Wildman–Crippen MR) is 116 cm³/mol. The molecule has 2 aromatic carbocycles. The zero-order valence-corrected chi connectivity index (χ0v) is 18.7. The van der Waals surface area contributed by atoms with Crippen LogP contribution in [0.2, 0.25) is 0 Å². The van der Waals surface area contributed by atoms with Gasteiger partial charge in [0, 0.05) is 4.47 Å². The maximum absolute atomic E-state index is 11.3. The second-order valence-electron chi connectivity index (χ2n) is 7.97. The van der Waals surface area contributed by atoms with Gasteiger partial charge in [0.15, 0.2) is 0 Å². The van der Waals surface area contributed by atoms with E-state index in [1.165, 1.54) is 0 Å². The molecule has 0 aliphatic carbocycles. The fourth-order valence-electron chi connectivity index (χ4n) is 4.22. The Morgan fingerprint density at radius 2 is 1.82 bits per heavy atom. The predicted octanol–water partition coefficient (Wildman–Crippen LogP) is 5.83. The van der Waals surface area contributed by atoms with Crippen LogP contribution in [0.25, 0.3) is 0 Å². The molecule has 0 amide bonds. The third-order valence-corrected chi connectivity index (χ3v) is 6.63. The summed E-state index contributed by atoms with van der Waals surface area (Å²) in [7, 11) is 0. The molecule has 1 aliphatic heterocycles. The van der Waals surface area contributed by atoms with Gasteiger partial charge < -0.3 is 14.6 Å². The van der Waals surface area contributed by atoms with Gasteiger partial charge in [0.25, 0.3) is 0 Å². The average Bonchev–Trinajstić information content (AvgIpc) is 2.69. The van der Waals surface area contributed by atoms with Crippen LogP contribution >= 0.6 is 15.9 Å². The first-order valence-electron chi connectivity index (χ1n) is 10.2. The van der Waals surface area contributed by atoms with Crippen LogP contribution in [0.3, 0.4) is 0 Å². The minimum Gasteiger partial charge on any atom is -0.386 e. The molecule has 1 saturated heterocycles. The summed E-state index contributed by atoms with van der Waals surface area (Å²) in [6.07, 6.45) is -0.227. The van der Waals surface area contributed by atoms with Crippen LogP contribution in [-0.4, -0.2) is 23.4 Å². The number of halogens is 1. The molecule has 1 fully saturated rings. The smallest absolute Gasteiger partial charge is 0.114 e. The zero-order chi connectivity index (χ0) is 20.3. The highest BCUT2D eigenvalue weighted by Crippen LogP contribution is 2.40. The molecule has 1 aliphatic rings. The Labute approximate surface area is 177 Å². The summed E-state index contributed by atoms with van der Waals surface area (Å²) < 4.78 is 13.8. The standard InChI is InChI=1S/C24H31BrO3/c1-5-21-16(3)17(4)23(27-14-18-9-7-6-8-10-18)24(28-21)22(26)20-12-11-19(25)13-15(20)2/h6-13,16-17,21-24,26H,5,14H2,1-4H3/t16-,17-,21?,22+,23?,24+/m0/s1. The van der Waals surface area contributed by atoms with Crippen LogP contribution in [-0.2, 0) is 16.1 Å². The molecule has 1 N–H and O–H groups in total. The fraction of sp³-hybridized carbons (Fsp3) is 0.500. The van der Waals surface area contributed by atoms with Crippen molar-refractivity contribution < 1.29 is 14.6 Å². The van der Waals surface area contributed by atoms with Gasteiger partial charge in [-0.3, -0.25) is 0 Å². The third kappa shape index (κ3) is 4.68. The number of aliphatic hydroxyl groups is 1. The van der Waals surface area contributed by atoms with Gasteiger partial charge in [-0.05, 0) is 54.0 Å². The van der Waals surface area contributed by atoms with E-state index in [1.807, 2.05) is 43.3 Å². The molecule has 0 bridgehead atoms. The normalized spacial score (nSPS) is 28.9. The van der Waals surface area contributed by atoms with Gasteiger partial charge in [-0.15, -0.1) is 0 Å². The van der Waals surface area contributed by atoms with E-state index in [4.69, 9.17) is 9.47 Å². The van der Waals surface area contributed by atoms with Crippen molar-refractivity contribution in [3.8, 4) is 0 Å². The van der Waals surface area contributed by atoms with Crippen LogP contribution in [0.4, 0.5) is 0 Å². The first-order chi connectivity index (χ1) is 13.4. The second-order valence-corrected chi connectivity index (χ2v) is 8.89. The lowest BCUT2D eigenvalue weighted by atomic mass is 9.78. The van der Waals surface area contributed by atoms with E-state index in [-0.39, 0.29) is 24.2 Å². The summed E-state index contributed by atoms with van der Waals surface area (Å²) in [6.45, 7) is 9.14. The Morgan fingerprint density at radius 1 is 1.11 bits per heavy atom. The van der Waals surface area contributed by atoms with Crippen molar-refractivity contribution in [1.29, 1.82) is 0 Å². The summed E-state index contributed by atoms with van der Waals surface area (Å²) in [4.78, 5) is 0. The lowest BCUT2D eigenvalue weighted by Crippen LogP contribution is -2.52. The lowest BCUT2D eigenvalue weighted by molar-refractivity contribution is -0.220. The van der Waals surface area contributed by atoms with Crippen molar-refractivity contribution >= 4 is 15.9 Å². The first-order valence-corrected chi connectivity index (χ1v) is 11.0. The Balaban J connectivity index is 1.86. The van der Waals surface area contributed by atoms with Crippen molar-refractivity contribution in [3.05, 3.63) is 69.7 Å². The summed E-state index contributed by atoms with van der Waals surface area (Å²) in [5.41, 5.74) is 3.08. The SMILES string of the molecule is CCC1O[C@H]([C@H](O)c2ccc(Br)cc2C)C(OCc2ccccc2)[C@@H](C)[C@@H]1C. The van der Waals surface area contributed by atoms with E-state index in [0.717, 1.165) is 27.6 Å². The molecule has 6 atom stereocenters. The maximum atomic E-state index is 11.3. The summed E-state index contributed by atoms with van der Waals surface area (Å²) in [5.74, 6) is 0.665. The van der Waals surface area contributed by atoms with Gasteiger partial charge >= 0.3 is 0 Å². The van der Waals surface area contributed by atoms with Crippen LogP contribution in [0.15, 0.2) is 53.0 Å². The van der Waals surface area contributed by atoms with E-state index in [9.17, 15) is 5.11 Å². The van der Waals surface area contributed by atoms with Crippen molar-refractivity contribution in [1.82, 2.24) is 0 Å². The average molecular weight is 447 g/mol. The molecule has 0 radical (unpaired) electrons. The van der Waals surface area contributed by atoms with Gasteiger partial charge in [0.2, 0.25) is 0 Å². The number of rotatable bonds is 6. The molecule has 28 heavy (non-hydrogen) atoms. The maximum Gasteiger partial charge on any atom is 0.114 e. The molecule has 3 rings (SSSR count). The molecule has 2 aromatic rings. The van der Waals surface area contributed by atoms with Crippen LogP contribution in [0.5, 0.6) is 0 Å². The minimum atomic E-state index is -0.724. The van der Waals surface area contributed by atoms with Crippen molar-refractivity contribution in [2.24, 2.45) is 11.8 Å². The second kappa shape index (κ2) is 9.53. The highest BCUT2D eigenvalue weighted by Gasteiger charge is 2.45. The Bertz CT molecular complexity index is 764. The molecular formula is C24H31BrO3. The molecule has 3 nitrogen and oxygen atoms in total. The number of benzene rings is 2. The van der Waals surface area contributed by atoms with Crippen molar-refractivity contribution in [3.63, 3.8) is 0 Å². The Morgan fingerprint density at radius 3 is 2.46 bits per heavy atom. The molecule has 2 unspecified atom stereocenters. The van der Waals surface area contributed by atoms with Crippen molar-refractivity contribution in [2.75, 3.05) is 0 Å². The van der Waals surface area contributed by atoms with E-state index in [0.29, 0.717) is 12.5 Å². The number of hydrogen-bond donors (Lipinski definition) is 1. The van der Waals surface area contributed by atoms with Gasteiger partial charge in [-0.25, -0.2) is 0 Å². The molecule has 4 heteroatoms. The van der Waals surface area contributed by atoms with Gasteiger partial charge in [-0.2, -0.15) is 0 Å². The van der Waals surface area contributed by atoms with Crippen molar-refractivity contribution in [2.45, 2.75) is 65.1 Å². The largest absolute Gasteiger partial charge is 0.386 e. The topological polar surface area (TPSA) is 38.7 Å². The van der Waals surface area contributed by atoms with Gasteiger partial charge in [0.05, 0.1) is 18.8 Å². The summed E-state index contributed by atoms with van der Waals surface area (Å²) in [6, 6.07) is 16.2. The molecule has 1 heterocycles. The van der Waals surface area contributed by atoms with E-state index in [1.54, 1.807) is 0 Å². The van der Waals surface area contributed by atoms with Crippen LogP contribution < -0.4 is 0 Å². The number of ether oxygens (including phenoxy) is 2. The van der Waals surface area contributed by atoms with E-state index < -0.39 is 6.10 Å². The number of hydrogen-bond acceptors (Lipinski definition) is 3. The van der Waals surface area contributed by atoms with Gasteiger partial charge in [-0.1, -0.05) is 73.1 Å². The van der Waals surface area contributed by atoms with Gasteiger partial charge in [0.1, 0.15) is 12.2 Å². The molecule has 0 spiro atoms. The van der Waals surface area contributed by atoms with E-state index in [2.05, 4.69) is 48.8 Å².